The molecule has 1 aromatic heterocycles. The van der Waals surface area contributed by atoms with Crippen LogP contribution in [0.5, 0.6) is 5.75 Å². The molecular formula is C26H38N4O2S2. The molecule has 0 atom stereocenters. The maximum atomic E-state index is 12.5. The van der Waals surface area contributed by atoms with Crippen molar-refractivity contribution in [3.8, 4) is 5.75 Å². The van der Waals surface area contributed by atoms with Crippen LogP contribution in [0.15, 0.2) is 51.9 Å². The van der Waals surface area contributed by atoms with Gasteiger partial charge in [-0.3, -0.25) is 10.1 Å². The van der Waals surface area contributed by atoms with E-state index in [9.17, 15) is 4.79 Å². The Morgan fingerprint density at radius 2 is 1.85 bits per heavy atom. The summed E-state index contributed by atoms with van der Waals surface area (Å²) in [4.78, 5) is 15.0. The number of rotatable bonds is 15. The number of ether oxygens (including phenoxy) is 1. The van der Waals surface area contributed by atoms with Crippen molar-refractivity contribution in [1.82, 2.24) is 15.1 Å². The predicted molar refractivity (Wildman–Crippen MR) is 145 cm³/mol. The van der Waals surface area contributed by atoms with Gasteiger partial charge < -0.3 is 9.64 Å². The van der Waals surface area contributed by atoms with Gasteiger partial charge in [0.2, 0.25) is 5.13 Å². The summed E-state index contributed by atoms with van der Waals surface area (Å²) in [7, 11) is 0. The first-order valence-electron chi connectivity index (χ1n) is 11.9. The van der Waals surface area contributed by atoms with E-state index in [1.54, 1.807) is 23.9 Å². The summed E-state index contributed by atoms with van der Waals surface area (Å²) < 4.78 is 6.66. The Hall–Kier alpha value is -2.16. The number of carbonyl (C=O) groups excluding carboxylic acids is 1. The van der Waals surface area contributed by atoms with Crippen molar-refractivity contribution in [3.63, 3.8) is 0 Å². The van der Waals surface area contributed by atoms with Crippen LogP contribution in [0.1, 0.15) is 64.2 Å². The molecule has 0 aliphatic heterocycles. The van der Waals surface area contributed by atoms with Crippen LogP contribution < -0.4 is 10.1 Å². The van der Waals surface area contributed by atoms with Gasteiger partial charge in [-0.15, -0.1) is 10.2 Å². The van der Waals surface area contributed by atoms with Crippen molar-refractivity contribution in [1.29, 1.82) is 0 Å². The molecule has 0 radical (unpaired) electrons. The van der Waals surface area contributed by atoms with E-state index in [0.717, 1.165) is 54.7 Å². The number of benzene rings is 1. The minimum absolute atomic E-state index is 0.198. The fraction of sp³-hybridized carbons (Fsp3) is 0.500. The topological polar surface area (TPSA) is 67.4 Å². The summed E-state index contributed by atoms with van der Waals surface area (Å²) in [6.07, 6.45) is 7.55. The van der Waals surface area contributed by atoms with E-state index in [-0.39, 0.29) is 5.91 Å². The van der Waals surface area contributed by atoms with Crippen LogP contribution in [0.2, 0.25) is 0 Å². The third-order valence-electron chi connectivity index (χ3n) is 5.26. The fourth-order valence-electron chi connectivity index (χ4n) is 3.15. The molecule has 0 spiro atoms. The molecule has 2 rings (SSSR count). The number of aromatic nitrogens is 2. The Morgan fingerprint density at radius 1 is 1.12 bits per heavy atom. The number of anilines is 1. The van der Waals surface area contributed by atoms with Gasteiger partial charge in [0.1, 0.15) is 12.4 Å². The van der Waals surface area contributed by atoms with E-state index in [1.165, 1.54) is 22.5 Å². The molecular weight excluding hydrogens is 464 g/mol. The van der Waals surface area contributed by atoms with Crippen molar-refractivity contribution < 1.29 is 9.53 Å². The highest BCUT2D eigenvalue weighted by molar-refractivity contribution is 8.01. The van der Waals surface area contributed by atoms with Gasteiger partial charge in [-0.2, -0.15) is 0 Å². The Bertz CT molecular complexity index is 931. The number of nitrogens with one attached hydrogen (secondary N) is 1. The molecule has 0 fully saturated rings. The van der Waals surface area contributed by atoms with Gasteiger partial charge in [-0.1, -0.05) is 54.2 Å². The molecule has 0 saturated heterocycles. The molecule has 0 aliphatic rings. The van der Waals surface area contributed by atoms with Crippen LogP contribution in [0.25, 0.3) is 0 Å². The van der Waals surface area contributed by atoms with Gasteiger partial charge in [0.15, 0.2) is 4.34 Å². The van der Waals surface area contributed by atoms with Crippen LogP contribution in [0.3, 0.4) is 0 Å². The largest absolute Gasteiger partial charge is 0.490 e. The number of hydrogen-bond acceptors (Lipinski definition) is 7. The number of allylic oxidation sites excluding steroid dienone is 3. The smallest absolute Gasteiger partial charge is 0.257 e. The predicted octanol–water partition coefficient (Wildman–Crippen LogP) is 6.69. The van der Waals surface area contributed by atoms with Crippen molar-refractivity contribution in [2.75, 3.05) is 37.3 Å². The first kappa shape index (κ1) is 28.1. The summed E-state index contributed by atoms with van der Waals surface area (Å²) in [5, 5.41) is 11.6. The summed E-state index contributed by atoms with van der Waals surface area (Å²) in [6, 6.07) is 7.16. The Kier molecular flexibility index (Phi) is 13.0. The van der Waals surface area contributed by atoms with Gasteiger partial charge in [0.25, 0.3) is 5.91 Å². The van der Waals surface area contributed by atoms with E-state index in [4.69, 9.17) is 4.74 Å². The highest BCUT2D eigenvalue weighted by Crippen LogP contribution is 2.26. The molecule has 2 aromatic rings. The van der Waals surface area contributed by atoms with Gasteiger partial charge in [-0.05, 0) is 90.0 Å². The average Bonchev–Trinajstić information content (AvgIpc) is 3.26. The average molecular weight is 503 g/mol. The van der Waals surface area contributed by atoms with E-state index in [1.807, 2.05) is 12.1 Å². The number of amides is 1. The van der Waals surface area contributed by atoms with Gasteiger partial charge in [0, 0.05) is 11.3 Å². The monoisotopic (exact) mass is 502 g/mol. The lowest BCUT2D eigenvalue weighted by Gasteiger charge is -2.16. The second kappa shape index (κ2) is 15.7. The highest BCUT2D eigenvalue weighted by atomic mass is 32.2. The molecule has 1 N–H and O–H groups in total. The molecule has 6 nitrogen and oxygen atoms in total. The van der Waals surface area contributed by atoms with E-state index in [0.29, 0.717) is 17.3 Å². The molecule has 0 saturated carbocycles. The fourth-order valence-corrected chi connectivity index (χ4v) is 4.89. The van der Waals surface area contributed by atoms with Crippen LogP contribution >= 0.6 is 23.1 Å². The van der Waals surface area contributed by atoms with Crippen LogP contribution in [-0.4, -0.2) is 53.0 Å². The summed E-state index contributed by atoms with van der Waals surface area (Å²) in [6.45, 7) is 14.5. The Balaban J connectivity index is 1.75. The second-order valence-corrected chi connectivity index (χ2v) is 10.6. The zero-order valence-electron chi connectivity index (χ0n) is 21.1. The first-order chi connectivity index (χ1) is 16.4. The molecule has 0 bridgehead atoms. The van der Waals surface area contributed by atoms with E-state index < -0.39 is 0 Å². The van der Waals surface area contributed by atoms with Crippen LogP contribution in [0, 0.1) is 0 Å². The minimum atomic E-state index is -0.198. The number of carbonyl (C=O) groups is 1. The number of thioether (sulfide) groups is 1. The van der Waals surface area contributed by atoms with Crippen molar-refractivity contribution in [3.05, 3.63) is 53.1 Å². The minimum Gasteiger partial charge on any atom is -0.490 e. The lowest BCUT2D eigenvalue weighted by atomic mass is 10.1. The van der Waals surface area contributed by atoms with E-state index >= 15 is 0 Å². The maximum Gasteiger partial charge on any atom is 0.257 e. The van der Waals surface area contributed by atoms with Gasteiger partial charge >= 0.3 is 0 Å². The lowest BCUT2D eigenvalue weighted by molar-refractivity contribution is 0.102. The normalized spacial score (nSPS) is 11.5. The third-order valence-corrected chi connectivity index (χ3v) is 7.31. The molecule has 8 heteroatoms. The van der Waals surface area contributed by atoms with E-state index in [2.05, 4.69) is 67.2 Å². The molecule has 1 aromatic carbocycles. The Labute approximate surface area is 212 Å². The SMILES string of the molecule is CCN(CC)CCCSc1nnc(NC(=O)c2ccc(OCC=C(C)CCC=C(C)C)cc2)s1. The molecule has 0 aliphatic carbocycles. The highest BCUT2D eigenvalue weighted by Gasteiger charge is 2.11. The van der Waals surface area contributed by atoms with Gasteiger partial charge in [0.05, 0.1) is 0 Å². The summed E-state index contributed by atoms with van der Waals surface area (Å²) in [5.41, 5.74) is 3.22. The van der Waals surface area contributed by atoms with Crippen molar-refractivity contribution in [2.45, 2.75) is 58.2 Å². The number of hydrogen-bond donors (Lipinski definition) is 1. The molecule has 1 heterocycles. The van der Waals surface area contributed by atoms with Crippen molar-refractivity contribution in [2.24, 2.45) is 0 Å². The summed E-state index contributed by atoms with van der Waals surface area (Å²) in [5.74, 6) is 1.53. The first-order valence-corrected chi connectivity index (χ1v) is 13.7. The van der Waals surface area contributed by atoms with Crippen LogP contribution in [-0.2, 0) is 0 Å². The maximum absolute atomic E-state index is 12.5. The second-order valence-electron chi connectivity index (χ2n) is 8.26. The lowest BCUT2D eigenvalue weighted by Crippen LogP contribution is -2.24. The quantitative estimate of drug-likeness (QED) is 0.127. The van der Waals surface area contributed by atoms with Crippen molar-refractivity contribution >= 4 is 34.1 Å². The molecule has 1 amide bonds. The standard InChI is InChI=1S/C26H38N4O2S2/c1-6-30(7-2)17-9-19-33-26-29-28-25(34-26)27-24(31)22-12-14-23(15-13-22)32-18-16-21(5)11-8-10-20(3)4/h10,12-16H,6-9,11,17-19H2,1-5H3,(H,27,28,31). The molecule has 186 valence electrons. The summed E-state index contributed by atoms with van der Waals surface area (Å²) >= 11 is 3.10. The molecule has 34 heavy (non-hydrogen) atoms. The molecule has 0 unspecified atom stereocenters. The van der Waals surface area contributed by atoms with Gasteiger partial charge in [-0.25, -0.2) is 0 Å². The zero-order chi connectivity index (χ0) is 24.8. The number of nitrogens with zero attached hydrogens (tertiary/aromatic N) is 3. The third kappa shape index (κ3) is 10.8. The zero-order valence-corrected chi connectivity index (χ0v) is 22.7. The van der Waals surface area contributed by atoms with Crippen LogP contribution in [0.4, 0.5) is 5.13 Å². The Morgan fingerprint density at radius 3 is 2.53 bits per heavy atom.